The fourth-order valence-corrected chi connectivity index (χ4v) is 1.78. The number of nitrogens with zero attached hydrogens (tertiary/aromatic N) is 3. The first-order valence-electron chi connectivity index (χ1n) is 4.61. The van der Waals surface area contributed by atoms with Gasteiger partial charge in [-0.3, -0.25) is 4.68 Å². The van der Waals surface area contributed by atoms with Crippen LogP contribution in [0.2, 0.25) is 5.02 Å². The first-order valence-corrected chi connectivity index (χ1v) is 4.99. The first-order chi connectivity index (χ1) is 7.65. The van der Waals surface area contributed by atoms with Crippen LogP contribution in [0.3, 0.4) is 0 Å². The van der Waals surface area contributed by atoms with Crippen molar-refractivity contribution in [3.63, 3.8) is 0 Å². The van der Waals surface area contributed by atoms with Crippen LogP contribution in [0.1, 0.15) is 0 Å². The van der Waals surface area contributed by atoms with Crippen LogP contribution in [-0.2, 0) is 7.05 Å². The monoisotopic (exact) mass is 238 g/mol. The summed E-state index contributed by atoms with van der Waals surface area (Å²) in [4.78, 5) is 4.09. The van der Waals surface area contributed by atoms with E-state index >= 15 is 0 Å². The summed E-state index contributed by atoms with van der Waals surface area (Å²) in [6.07, 6.45) is 3.15. The standard InChI is InChI=1S/C10H11ClN4O/c1-15-9(7(12)5-14-15)8-6(11)3-4-13-10(8)16-2/h3-5H,12H2,1-2H3. The fourth-order valence-electron chi connectivity index (χ4n) is 1.55. The summed E-state index contributed by atoms with van der Waals surface area (Å²) in [5.74, 6) is 0.433. The summed E-state index contributed by atoms with van der Waals surface area (Å²) < 4.78 is 6.81. The number of hydrogen-bond acceptors (Lipinski definition) is 4. The number of ether oxygens (including phenoxy) is 1. The van der Waals surface area contributed by atoms with Crippen LogP contribution in [0.5, 0.6) is 5.88 Å². The molecular formula is C10H11ClN4O. The van der Waals surface area contributed by atoms with Crippen molar-refractivity contribution in [1.29, 1.82) is 0 Å². The van der Waals surface area contributed by atoms with Crippen molar-refractivity contribution in [3.8, 4) is 17.1 Å². The smallest absolute Gasteiger partial charge is 0.224 e. The number of halogens is 1. The van der Waals surface area contributed by atoms with Crippen LogP contribution < -0.4 is 10.5 Å². The molecule has 2 heterocycles. The van der Waals surface area contributed by atoms with Crippen molar-refractivity contribution in [1.82, 2.24) is 14.8 Å². The van der Waals surface area contributed by atoms with Crippen molar-refractivity contribution in [2.24, 2.45) is 7.05 Å². The largest absolute Gasteiger partial charge is 0.480 e. The first kappa shape index (κ1) is 10.8. The number of nitrogen functional groups attached to an aromatic ring is 1. The lowest BCUT2D eigenvalue weighted by molar-refractivity contribution is 0.399. The Labute approximate surface area is 97.8 Å². The van der Waals surface area contributed by atoms with Gasteiger partial charge in [0.25, 0.3) is 0 Å². The molecule has 2 aromatic heterocycles. The molecule has 0 atom stereocenters. The van der Waals surface area contributed by atoms with Crippen molar-refractivity contribution >= 4 is 17.3 Å². The van der Waals surface area contributed by atoms with E-state index in [1.165, 1.54) is 7.11 Å². The molecule has 0 aliphatic carbocycles. The minimum Gasteiger partial charge on any atom is -0.480 e. The van der Waals surface area contributed by atoms with Crippen molar-refractivity contribution < 1.29 is 4.74 Å². The molecule has 0 aliphatic heterocycles. The van der Waals surface area contributed by atoms with Crippen LogP contribution in [0, 0.1) is 0 Å². The number of aromatic nitrogens is 3. The second-order valence-electron chi connectivity index (χ2n) is 3.25. The molecule has 0 fully saturated rings. The zero-order valence-corrected chi connectivity index (χ0v) is 9.69. The zero-order chi connectivity index (χ0) is 11.7. The van der Waals surface area contributed by atoms with E-state index in [0.717, 1.165) is 0 Å². The second kappa shape index (κ2) is 4.02. The highest BCUT2D eigenvalue weighted by atomic mass is 35.5. The number of hydrogen-bond donors (Lipinski definition) is 1. The molecule has 16 heavy (non-hydrogen) atoms. The number of pyridine rings is 1. The topological polar surface area (TPSA) is 66.0 Å². The van der Waals surface area contributed by atoms with Gasteiger partial charge in [0.2, 0.25) is 5.88 Å². The maximum atomic E-state index is 6.13. The van der Waals surface area contributed by atoms with E-state index in [1.54, 1.807) is 30.2 Å². The number of anilines is 1. The van der Waals surface area contributed by atoms with Crippen LogP contribution >= 0.6 is 11.6 Å². The normalized spacial score (nSPS) is 10.4. The molecule has 84 valence electrons. The molecule has 0 bridgehead atoms. The van der Waals surface area contributed by atoms with Crippen LogP contribution in [0.15, 0.2) is 18.5 Å². The lowest BCUT2D eigenvalue weighted by Crippen LogP contribution is -2.00. The molecule has 0 saturated carbocycles. The van der Waals surface area contributed by atoms with E-state index in [9.17, 15) is 0 Å². The second-order valence-corrected chi connectivity index (χ2v) is 3.66. The van der Waals surface area contributed by atoms with Crippen molar-refractivity contribution in [2.45, 2.75) is 0 Å². The molecule has 0 saturated heterocycles. The Morgan fingerprint density at radius 2 is 2.25 bits per heavy atom. The van der Waals surface area contributed by atoms with Gasteiger partial charge in [-0.25, -0.2) is 4.98 Å². The van der Waals surface area contributed by atoms with Crippen molar-refractivity contribution in [3.05, 3.63) is 23.5 Å². The summed E-state index contributed by atoms with van der Waals surface area (Å²) in [7, 11) is 3.32. The highest BCUT2D eigenvalue weighted by Crippen LogP contribution is 2.37. The van der Waals surface area contributed by atoms with E-state index < -0.39 is 0 Å². The Bertz CT molecular complexity index is 504. The third kappa shape index (κ3) is 1.59. The Hall–Kier alpha value is -1.75. The van der Waals surface area contributed by atoms with E-state index in [1.807, 2.05) is 0 Å². The third-order valence-electron chi connectivity index (χ3n) is 2.26. The average Bonchev–Trinajstić information content (AvgIpc) is 2.59. The van der Waals surface area contributed by atoms with Gasteiger partial charge in [0, 0.05) is 13.2 Å². The summed E-state index contributed by atoms with van der Waals surface area (Å²) in [5, 5.41) is 4.59. The van der Waals surface area contributed by atoms with Crippen LogP contribution in [0.25, 0.3) is 11.3 Å². The molecule has 0 aromatic carbocycles. The third-order valence-corrected chi connectivity index (χ3v) is 2.58. The highest BCUT2D eigenvalue weighted by Gasteiger charge is 2.17. The SMILES string of the molecule is COc1nccc(Cl)c1-c1c(N)cnn1C. The predicted molar refractivity (Wildman–Crippen MR) is 62.4 cm³/mol. The van der Waals surface area contributed by atoms with Gasteiger partial charge < -0.3 is 10.5 Å². The van der Waals surface area contributed by atoms with Gasteiger partial charge in [-0.1, -0.05) is 11.6 Å². The summed E-state index contributed by atoms with van der Waals surface area (Å²) >= 11 is 6.13. The van der Waals surface area contributed by atoms with Crippen LogP contribution in [0.4, 0.5) is 5.69 Å². The van der Waals surface area contributed by atoms with Crippen LogP contribution in [-0.4, -0.2) is 21.9 Å². The number of nitrogens with two attached hydrogens (primary N) is 1. The van der Waals surface area contributed by atoms with Gasteiger partial charge in [0.15, 0.2) is 0 Å². The predicted octanol–water partition coefficient (Wildman–Crippen LogP) is 1.73. The van der Waals surface area contributed by atoms with Gasteiger partial charge in [0.1, 0.15) is 0 Å². The van der Waals surface area contributed by atoms with E-state index in [-0.39, 0.29) is 0 Å². The molecule has 5 nitrogen and oxygen atoms in total. The Morgan fingerprint density at radius 1 is 1.50 bits per heavy atom. The quantitative estimate of drug-likeness (QED) is 0.865. The Kier molecular flexibility index (Phi) is 2.70. The average molecular weight is 239 g/mol. The molecule has 0 radical (unpaired) electrons. The Morgan fingerprint density at radius 3 is 2.81 bits per heavy atom. The van der Waals surface area contributed by atoms with E-state index in [2.05, 4.69) is 10.1 Å². The maximum Gasteiger partial charge on any atom is 0.224 e. The molecule has 0 spiro atoms. The summed E-state index contributed by atoms with van der Waals surface area (Å²) in [6, 6.07) is 1.69. The number of rotatable bonds is 2. The lowest BCUT2D eigenvalue weighted by atomic mass is 10.2. The summed E-state index contributed by atoms with van der Waals surface area (Å²) in [6.45, 7) is 0. The minimum atomic E-state index is 0.433. The summed E-state index contributed by atoms with van der Waals surface area (Å²) in [5.41, 5.74) is 7.74. The minimum absolute atomic E-state index is 0.433. The Balaban J connectivity index is 2.72. The highest BCUT2D eigenvalue weighted by molar-refractivity contribution is 6.33. The van der Waals surface area contributed by atoms with Gasteiger partial charge in [0.05, 0.1) is 35.3 Å². The molecule has 2 rings (SSSR count). The molecular weight excluding hydrogens is 228 g/mol. The number of methoxy groups -OCH3 is 1. The maximum absolute atomic E-state index is 6.13. The molecule has 2 N–H and O–H groups in total. The zero-order valence-electron chi connectivity index (χ0n) is 8.94. The van der Waals surface area contributed by atoms with Gasteiger partial charge >= 0.3 is 0 Å². The molecule has 0 amide bonds. The van der Waals surface area contributed by atoms with E-state index in [4.69, 9.17) is 22.1 Å². The molecule has 0 unspecified atom stereocenters. The van der Waals surface area contributed by atoms with Gasteiger partial charge in [-0.2, -0.15) is 5.10 Å². The molecule has 2 aromatic rings. The molecule has 6 heteroatoms. The molecule has 0 aliphatic rings. The van der Waals surface area contributed by atoms with Gasteiger partial charge in [-0.05, 0) is 6.07 Å². The van der Waals surface area contributed by atoms with E-state index in [0.29, 0.717) is 27.8 Å². The van der Waals surface area contributed by atoms with Crippen molar-refractivity contribution in [2.75, 3.05) is 12.8 Å². The van der Waals surface area contributed by atoms with Gasteiger partial charge in [-0.15, -0.1) is 0 Å². The fraction of sp³-hybridized carbons (Fsp3) is 0.200. The number of aryl methyl sites for hydroxylation is 1. The lowest BCUT2D eigenvalue weighted by Gasteiger charge is -2.10.